The molecular formula is C13H20N2O. The van der Waals surface area contributed by atoms with Crippen molar-refractivity contribution in [2.45, 2.75) is 18.9 Å². The summed E-state index contributed by atoms with van der Waals surface area (Å²) in [5, 5.41) is 0. The topological polar surface area (TPSA) is 38.5 Å². The van der Waals surface area contributed by atoms with Gasteiger partial charge in [0, 0.05) is 12.6 Å². The smallest absolute Gasteiger partial charge is 0.118 e. The molecule has 0 bridgehead atoms. The Kier molecular flexibility index (Phi) is 3.80. The number of hydrogen-bond donors (Lipinski definition) is 1. The van der Waals surface area contributed by atoms with Crippen molar-refractivity contribution in [1.82, 2.24) is 4.90 Å². The Morgan fingerprint density at radius 2 is 1.88 bits per heavy atom. The average molecular weight is 220 g/mol. The Balaban J connectivity index is 1.94. The largest absolute Gasteiger partial charge is 0.497 e. The van der Waals surface area contributed by atoms with Crippen molar-refractivity contribution in [1.29, 1.82) is 0 Å². The molecule has 0 unspecified atom stereocenters. The lowest BCUT2D eigenvalue weighted by molar-refractivity contribution is 0.316. The highest BCUT2D eigenvalue weighted by Crippen LogP contribution is 2.18. The van der Waals surface area contributed by atoms with Gasteiger partial charge in [0.1, 0.15) is 5.75 Å². The first kappa shape index (κ1) is 11.4. The molecule has 2 N–H and O–H groups in total. The van der Waals surface area contributed by atoms with Gasteiger partial charge in [-0.3, -0.25) is 0 Å². The van der Waals surface area contributed by atoms with Gasteiger partial charge < -0.3 is 15.4 Å². The monoisotopic (exact) mass is 220 g/mol. The molecule has 0 amide bonds. The van der Waals surface area contributed by atoms with Crippen molar-refractivity contribution in [3.05, 3.63) is 29.8 Å². The molecule has 1 atom stereocenters. The van der Waals surface area contributed by atoms with E-state index in [1.54, 1.807) is 7.11 Å². The zero-order valence-electron chi connectivity index (χ0n) is 9.86. The first-order valence-corrected chi connectivity index (χ1v) is 5.91. The van der Waals surface area contributed by atoms with Gasteiger partial charge in [-0.2, -0.15) is 0 Å². The van der Waals surface area contributed by atoms with Gasteiger partial charge in [-0.05, 0) is 43.6 Å². The molecule has 1 aromatic rings. The van der Waals surface area contributed by atoms with Crippen LogP contribution in [0.2, 0.25) is 0 Å². The van der Waals surface area contributed by atoms with E-state index in [9.17, 15) is 0 Å². The number of benzene rings is 1. The number of likely N-dealkylation sites (tertiary alicyclic amines) is 1. The average Bonchev–Trinajstić information content (AvgIpc) is 2.82. The van der Waals surface area contributed by atoms with E-state index in [0.717, 1.165) is 12.3 Å². The molecule has 1 saturated heterocycles. The molecule has 0 radical (unpaired) electrons. The van der Waals surface area contributed by atoms with Gasteiger partial charge in [0.15, 0.2) is 0 Å². The highest BCUT2D eigenvalue weighted by molar-refractivity contribution is 5.29. The normalized spacial score (nSPS) is 18.6. The summed E-state index contributed by atoms with van der Waals surface area (Å²) in [5.41, 5.74) is 7.37. The van der Waals surface area contributed by atoms with Crippen molar-refractivity contribution in [2.75, 3.05) is 26.7 Å². The number of ether oxygens (including phenoxy) is 1. The highest BCUT2D eigenvalue weighted by Gasteiger charge is 2.15. The van der Waals surface area contributed by atoms with Crippen molar-refractivity contribution >= 4 is 0 Å². The van der Waals surface area contributed by atoms with Crippen molar-refractivity contribution in [3.63, 3.8) is 0 Å². The number of methoxy groups -OCH3 is 1. The van der Waals surface area contributed by atoms with Crippen molar-refractivity contribution in [2.24, 2.45) is 5.73 Å². The number of hydrogen-bond acceptors (Lipinski definition) is 3. The molecule has 1 aromatic carbocycles. The minimum Gasteiger partial charge on any atom is -0.497 e. The molecule has 1 heterocycles. The fourth-order valence-corrected chi connectivity index (χ4v) is 2.20. The van der Waals surface area contributed by atoms with Crippen LogP contribution in [0.3, 0.4) is 0 Å². The van der Waals surface area contributed by atoms with E-state index in [2.05, 4.69) is 17.0 Å². The van der Waals surface area contributed by atoms with Gasteiger partial charge in [0.05, 0.1) is 7.11 Å². The first-order valence-electron chi connectivity index (χ1n) is 5.91. The number of nitrogens with zero attached hydrogens (tertiary/aromatic N) is 1. The Bertz CT molecular complexity index is 317. The van der Waals surface area contributed by atoms with Gasteiger partial charge in [0.2, 0.25) is 0 Å². The van der Waals surface area contributed by atoms with E-state index >= 15 is 0 Å². The van der Waals surface area contributed by atoms with Crippen LogP contribution in [0.4, 0.5) is 0 Å². The molecule has 3 nitrogen and oxygen atoms in total. The second-order valence-electron chi connectivity index (χ2n) is 4.39. The zero-order valence-corrected chi connectivity index (χ0v) is 9.86. The van der Waals surface area contributed by atoms with Crippen LogP contribution in [0.5, 0.6) is 5.75 Å². The van der Waals surface area contributed by atoms with Crippen LogP contribution in [0.15, 0.2) is 24.3 Å². The molecule has 3 heteroatoms. The lowest BCUT2D eigenvalue weighted by atomic mass is 10.1. The quantitative estimate of drug-likeness (QED) is 0.840. The van der Waals surface area contributed by atoms with E-state index in [4.69, 9.17) is 10.5 Å². The molecule has 88 valence electrons. The van der Waals surface area contributed by atoms with Gasteiger partial charge in [-0.15, -0.1) is 0 Å². The third-order valence-electron chi connectivity index (χ3n) is 3.20. The highest BCUT2D eigenvalue weighted by atomic mass is 16.5. The summed E-state index contributed by atoms with van der Waals surface area (Å²) in [6, 6.07) is 8.17. The Morgan fingerprint density at radius 3 is 2.44 bits per heavy atom. The summed E-state index contributed by atoms with van der Waals surface area (Å²) in [6.45, 7) is 3.36. The maximum Gasteiger partial charge on any atom is 0.118 e. The van der Waals surface area contributed by atoms with E-state index in [0.29, 0.717) is 0 Å². The maximum absolute atomic E-state index is 6.18. The third-order valence-corrected chi connectivity index (χ3v) is 3.20. The summed E-state index contributed by atoms with van der Waals surface area (Å²) in [4.78, 5) is 2.44. The molecule has 1 aliphatic rings. The Morgan fingerprint density at radius 1 is 1.25 bits per heavy atom. The van der Waals surface area contributed by atoms with E-state index in [1.165, 1.54) is 31.5 Å². The van der Waals surface area contributed by atoms with Crippen LogP contribution in [0.1, 0.15) is 24.4 Å². The van der Waals surface area contributed by atoms with Gasteiger partial charge in [-0.25, -0.2) is 0 Å². The number of rotatable bonds is 4. The summed E-state index contributed by atoms with van der Waals surface area (Å²) in [7, 11) is 1.68. The van der Waals surface area contributed by atoms with E-state index < -0.39 is 0 Å². The summed E-state index contributed by atoms with van der Waals surface area (Å²) in [6.07, 6.45) is 2.63. The fourth-order valence-electron chi connectivity index (χ4n) is 2.20. The van der Waals surface area contributed by atoms with Crippen LogP contribution in [0, 0.1) is 0 Å². The van der Waals surface area contributed by atoms with Crippen molar-refractivity contribution in [3.8, 4) is 5.75 Å². The number of nitrogens with two attached hydrogens (primary N) is 1. The molecule has 0 aliphatic carbocycles. The lowest BCUT2D eigenvalue weighted by Crippen LogP contribution is -2.29. The minimum atomic E-state index is 0.115. The molecule has 16 heavy (non-hydrogen) atoms. The second kappa shape index (κ2) is 5.32. The summed E-state index contributed by atoms with van der Waals surface area (Å²) < 4.78 is 5.13. The Hall–Kier alpha value is -1.06. The van der Waals surface area contributed by atoms with Crippen LogP contribution in [-0.2, 0) is 0 Å². The summed E-state index contributed by atoms with van der Waals surface area (Å²) >= 11 is 0. The molecule has 0 aromatic heterocycles. The predicted octanol–water partition coefficient (Wildman–Crippen LogP) is 1.79. The Labute approximate surface area is 97.2 Å². The minimum absolute atomic E-state index is 0.115. The van der Waals surface area contributed by atoms with Crippen LogP contribution >= 0.6 is 0 Å². The fraction of sp³-hybridized carbons (Fsp3) is 0.538. The maximum atomic E-state index is 6.18. The molecule has 2 rings (SSSR count). The lowest BCUT2D eigenvalue weighted by Gasteiger charge is -2.20. The molecule has 0 saturated carbocycles. The van der Waals surface area contributed by atoms with Gasteiger partial charge >= 0.3 is 0 Å². The van der Waals surface area contributed by atoms with E-state index in [1.807, 2.05) is 12.1 Å². The first-order chi connectivity index (χ1) is 7.79. The zero-order chi connectivity index (χ0) is 11.4. The SMILES string of the molecule is COc1ccc([C@@H](N)CN2CCCC2)cc1. The third kappa shape index (κ3) is 2.74. The predicted molar refractivity (Wildman–Crippen MR) is 65.6 cm³/mol. The van der Waals surface area contributed by atoms with E-state index in [-0.39, 0.29) is 6.04 Å². The standard InChI is InChI=1S/C13H20N2O/c1-16-12-6-4-11(5-7-12)13(14)10-15-8-2-3-9-15/h4-7,13H,2-3,8-10,14H2,1H3/t13-/m0/s1. The van der Waals surface area contributed by atoms with Crippen molar-refractivity contribution < 1.29 is 4.74 Å². The van der Waals surface area contributed by atoms with Crippen LogP contribution < -0.4 is 10.5 Å². The molecule has 1 fully saturated rings. The van der Waals surface area contributed by atoms with Crippen LogP contribution in [-0.4, -0.2) is 31.6 Å². The van der Waals surface area contributed by atoms with Gasteiger partial charge in [0.25, 0.3) is 0 Å². The molecule has 0 spiro atoms. The van der Waals surface area contributed by atoms with Gasteiger partial charge in [-0.1, -0.05) is 12.1 Å². The molecular weight excluding hydrogens is 200 g/mol. The molecule has 1 aliphatic heterocycles. The second-order valence-corrected chi connectivity index (χ2v) is 4.39. The summed E-state index contributed by atoms with van der Waals surface area (Å²) in [5.74, 6) is 0.886. The van der Waals surface area contributed by atoms with Crippen LogP contribution in [0.25, 0.3) is 0 Å².